The summed E-state index contributed by atoms with van der Waals surface area (Å²) in [6.45, 7) is 1.98. The Balaban J connectivity index is 1.69. The summed E-state index contributed by atoms with van der Waals surface area (Å²) in [6, 6.07) is 27.0. The number of benzene rings is 3. The predicted molar refractivity (Wildman–Crippen MR) is 120 cm³/mol. The van der Waals surface area contributed by atoms with Crippen LogP contribution < -0.4 is 5.32 Å². The molecule has 1 heterocycles. The average Bonchev–Trinajstić information content (AvgIpc) is 2.75. The fourth-order valence-corrected chi connectivity index (χ4v) is 4.24. The molecule has 1 amide bonds. The lowest BCUT2D eigenvalue weighted by Gasteiger charge is -2.16. The van der Waals surface area contributed by atoms with E-state index in [2.05, 4.69) is 5.32 Å². The molecule has 4 rings (SSSR count). The van der Waals surface area contributed by atoms with Crippen LogP contribution in [0.25, 0.3) is 10.9 Å². The number of carbonyl (C=O) groups excluding carboxylic acids is 1. The minimum Gasteiger partial charge on any atom is -0.345 e. The highest BCUT2D eigenvalue weighted by Crippen LogP contribution is 2.34. The summed E-state index contributed by atoms with van der Waals surface area (Å²) in [6.07, 6.45) is 0. The second-order valence-electron chi connectivity index (χ2n) is 6.66. The third kappa shape index (κ3) is 4.44. The first-order valence-corrected chi connectivity index (χ1v) is 10.5. The smallest absolute Gasteiger partial charge is 0.252 e. The van der Waals surface area contributed by atoms with E-state index in [1.807, 2.05) is 91.9 Å². The molecule has 0 aliphatic heterocycles. The second-order valence-corrected chi connectivity index (χ2v) is 8.13. The van der Waals surface area contributed by atoms with Gasteiger partial charge in [-0.25, -0.2) is 4.98 Å². The Bertz CT molecular complexity index is 1160. The maximum absolute atomic E-state index is 13.1. The highest BCUT2D eigenvalue weighted by atomic mass is 35.5. The van der Waals surface area contributed by atoms with Crippen LogP contribution in [-0.2, 0) is 0 Å². The molecule has 0 fully saturated rings. The lowest BCUT2D eigenvalue weighted by atomic mass is 10.1. The van der Waals surface area contributed by atoms with Gasteiger partial charge in [0.05, 0.1) is 22.1 Å². The van der Waals surface area contributed by atoms with Crippen LogP contribution in [0.5, 0.6) is 0 Å². The Morgan fingerprint density at radius 1 is 0.966 bits per heavy atom. The molecular formula is C24H19ClN2OS. The third-order valence-corrected chi connectivity index (χ3v) is 6.07. The summed E-state index contributed by atoms with van der Waals surface area (Å²) >= 11 is 7.76. The maximum atomic E-state index is 13.1. The van der Waals surface area contributed by atoms with Gasteiger partial charge in [0.1, 0.15) is 5.03 Å². The molecule has 0 bridgehead atoms. The van der Waals surface area contributed by atoms with Crippen molar-refractivity contribution in [3.63, 3.8) is 0 Å². The van der Waals surface area contributed by atoms with Crippen LogP contribution in [0.4, 0.5) is 0 Å². The Hall–Kier alpha value is -2.82. The number of aromatic nitrogens is 1. The van der Waals surface area contributed by atoms with Gasteiger partial charge >= 0.3 is 0 Å². The predicted octanol–water partition coefficient (Wildman–Crippen LogP) is 6.53. The zero-order chi connectivity index (χ0) is 20.2. The van der Waals surface area contributed by atoms with E-state index in [0.29, 0.717) is 10.6 Å². The standard InChI is InChI=1S/C24H19ClN2OS/c1-16(17-9-3-2-4-10-17)26-24(28)19-15-23(27-21-13-7-5-11-18(19)21)29-22-14-8-6-12-20(22)25/h2-16H,1H3,(H,26,28)/t16-/m0/s1. The van der Waals surface area contributed by atoms with Crippen molar-refractivity contribution in [2.24, 2.45) is 0 Å². The van der Waals surface area contributed by atoms with Crippen LogP contribution in [-0.4, -0.2) is 10.9 Å². The van der Waals surface area contributed by atoms with Gasteiger partial charge in [-0.15, -0.1) is 0 Å². The molecule has 0 unspecified atom stereocenters. The Labute approximate surface area is 179 Å². The number of carbonyl (C=O) groups is 1. The van der Waals surface area contributed by atoms with Crippen molar-refractivity contribution in [2.45, 2.75) is 22.9 Å². The number of halogens is 1. The van der Waals surface area contributed by atoms with Gasteiger partial charge in [-0.3, -0.25) is 4.79 Å². The number of nitrogens with zero attached hydrogens (tertiary/aromatic N) is 1. The number of rotatable bonds is 5. The van der Waals surface area contributed by atoms with Crippen molar-refractivity contribution in [3.05, 3.63) is 101 Å². The van der Waals surface area contributed by atoms with Crippen LogP contribution in [0.3, 0.4) is 0 Å². The van der Waals surface area contributed by atoms with Gasteiger partial charge in [0.15, 0.2) is 0 Å². The molecule has 1 N–H and O–H groups in total. The minimum absolute atomic E-state index is 0.102. The largest absolute Gasteiger partial charge is 0.345 e. The third-order valence-electron chi connectivity index (χ3n) is 4.64. The molecule has 0 radical (unpaired) electrons. The first-order chi connectivity index (χ1) is 14.1. The molecule has 3 nitrogen and oxygen atoms in total. The van der Waals surface area contributed by atoms with E-state index in [1.165, 1.54) is 11.8 Å². The van der Waals surface area contributed by atoms with Gasteiger partial charge in [-0.1, -0.05) is 84.0 Å². The molecule has 1 atom stereocenters. The van der Waals surface area contributed by atoms with Crippen LogP contribution >= 0.6 is 23.4 Å². The van der Waals surface area contributed by atoms with Gasteiger partial charge in [0.2, 0.25) is 0 Å². The molecule has 0 aliphatic rings. The molecule has 4 aromatic rings. The SMILES string of the molecule is C[C@H](NC(=O)c1cc(Sc2ccccc2Cl)nc2ccccc12)c1ccccc1. The van der Waals surface area contributed by atoms with Crippen LogP contribution in [0.15, 0.2) is 94.9 Å². The Morgan fingerprint density at radius 3 is 2.45 bits per heavy atom. The molecule has 144 valence electrons. The van der Waals surface area contributed by atoms with Crippen molar-refractivity contribution in [1.29, 1.82) is 0 Å². The maximum Gasteiger partial charge on any atom is 0.252 e. The molecule has 0 saturated carbocycles. The average molecular weight is 419 g/mol. The summed E-state index contributed by atoms with van der Waals surface area (Å²) in [7, 11) is 0. The topological polar surface area (TPSA) is 42.0 Å². The van der Waals surface area contributed by atoms with Crippen LogP contribution in [0.2, 0.25) is 5.02 Å². The lowest BCUT2D eigenvalue weighted by molar-refractivity contribution is 0.0941. The molecule has 0 saturated heterocycles. The summed E-state index contributed by atoms with van der Waals surface area (Å²) in [5.74, 6) is -0.124. The van der Waals surface area contributed by atoms with Crippen molar-refractivity contribution in [1.82, 2.24) is 10.3 Å². The van der Waals surface area contributed by atoms with Crippen LogP contribution in [0.1, 0.15) is 28.9 Å². The normalized spacial score (nSPS) is 11.9. The quantitative estimate of drug-likeness (QED) is 0.400. The van der Waals surface area contributed by atoms with Gasteiger partial charge < -0.3 is 5.32 Å². The van der Waals surface area contributed by atoms with E-state index in [-0.39, 0.29) is 11.9 Å². The number of fused-ring (bicyclic) bond motifs is 1. The van der Waals surface area contributed by atoms with E-state index in [9.17, 15) is 4.79 Å². The molecule has 5 heteroatoms. The monoisotopic (exact) mass is 418 g/mol. The highest BCUT2D eigenvalue weighted by Gasteiger charge is 2.16. The summed E-state index contributed by atoms with van der Waals surface area (Å²) in [5, 5.41) is 5.33. The van der Waals surface area contributed by atoms with E-state index in [0.717, 1.165) is 26.4 Å². The summed E-state index contributed by atoms with van der Waals surface area (Å²) < 4.78 is 0. The molecule has 3 aromatic carbocycles. The molecular weight excluding hydrogens is 400 g/mol. The Morgan fingerprint density at radius 2 is 1.66 bits per heavy atom. The van der Waals surface area contributed by atoms with E-state index in [1.54, 1.807) is 0 Å². The fraction of sp³-hybridized carbons (Fsp3) is 0.0833. The number of hydrogen-bond donors (Lipinski definition) is 1. The van der Waals surface area contributed by atoms with Crippen molar-refractivity contribution >= 4 is 40.2 Å². The Kier molecular flexibility index (Phi) is 5.84. The molecule has 0 spiro atoms. The molecule has 0 aliphatic carbocycles. The number of pyridine rings is 1. The zero-order valence-corrected chi connectivity index (χ0v) is 17.4. The number of amides is 1. The lowest BCUT2D eigenvalue weighted by Crippen LogP contribution is -2.27. The van der Waals surface area contributed by atoms with Gasteiger partial charge in [-0.05, 0) is 36.8 Å². The molecule has 29 heavy (non-hydrogen) atoms. The van der Waals surface area contributed by atoms with Crippen molar-refractivity contribution in [3.8, 4) is 0 Å². The summed E-state index contributed by atoms with van der Waals surface area (Å²) in [5.41, 5.74) is 2.44. The summed E-state index contributed by atoms with van der Waals surface area (Å²) in [4.78, 5) is 18.8. The van der Waals surface area contributed by atoms with Crippen LogP contribution in [0, 0.1) is 0 Å². The second kappa shape index (κ2) is 8.68. The first-order valence-electron chi connectivity index (χ1n) is 9.30. The van der Waals surface area contributed by atoms with E-state index in [4.69, 9.17) is 16.6 Å². The van der Waals surface area contributed by atoms with E-state index >= 15 is 0 Å². The zero-order valence-electron chi connectivity index (χ0n) is 15.8. The van der Waals surface area contributed by atoms with Gasteiger partial charge in [0.25, 0.3) is 5.91 Å². The molecule has 1 aromatic heterocycles. The number of nitrogens with one attached hydrogen (secondary N) is 1. The fourth-order valence-electron chi connectivity index (χ4n) is 3.13. The number of para-hydroxylation sites is 1. The van der Waals surface area contributed by atoms with E-state index < -0.39 is 0 Å². The van der Waals surface area contributed by atoms with Gasteiger partial charge in [-0.2, -0.15) is 0 Å². The van der Waals surface area contributed by atoms with Gasteiger partial charge in [0, 0.05) is 10.3 Å². The van der Waals surface area contributed by atoms with Crippen molar-refractivity contribution < 1.29 is 4.79 Å². The first kappa shape index (κ1) is 19.5. The van der Waals surface area contributed by atoms with Crippen molar-refractivity contribution in [2.75, 3.05) is 0 Å². The highest BCUT2D eigenvalue weighted by molar-refractivity contribution is 7.99. The number of hydrogen-bond acceptors (Lipinski definition) is 3. The minimum atomic E-state index is -0.124.